The highest BCUT2D eigenvalue weighted by Gasteiger charge is 2.01. The lowest BCUT2D eigenvalue weighted by Crippen LogP contribution is -2.00. The molecule has 1 aliphatic rings. The molecule has 0 atom stereocenters. The number of benzene rings is 3. The molecule has 1 heteroatoms. The molecule has 0 amide bonds. The van der Waals surface area contributed by atoms with E-state index in [1.54, 1.807) is 7.11 Å². The van der Waals surface area contributed by atoms with E-state index in [-0.39, 0.29) is 0 Å². The Bertz CT molecular complexity index is 1040. The van der Waals surface area contributed by atoms with E-state index in [2.05, 4.69) is 66.7 Å². The Labute approximate surface area is 129 Å². The van der Waals surface area contributed by atoms with Gasteiger partial charge in [0.1, 0.15) is 5.75 Å². The van der Waals surface area contributed by atoms with E-state index in [1.807, 2.05) is 12.1 Å². The maximum atomic E-state index is 5.20. The Hall–Kier alpha value is -2.80. The largest absolute Gasteiger partial charge is 0.497 e. The van der Waals surface area contributed by atoms with Crippen molar-refractivity contribution in [3.05, 3.63) is 98.7 Å². The van der Waals surface area contributed by atoms with E-state index in [1.165, 1.54) is 32.0 Å². The van der Waals surface area contributed by atoms with Crippen LogP contribution in [-0.4, -0.2) is 7.11 Å². The average molecular weight is 284 g/mol. The minimum Gasteiger partial charge on any atom is -0.497 e. The molecular formula is C21H16O. The minimum absolute atomic E-state index is 0.884. The van der Waals surface area contributed by atoms with Gasteiger partial charge in [-0.05, 0) is 62.4 Å². The normalized spacial score (nSPS) is 12.5. The Kier molecular flexibility index (Phi) is 3.05. The van der Waals surface area contributed by atoms with Crippen LogP contribution in [0, 0.1) is 10.4 Å². The second-order valence-corrected chi connectivity index (χ2v) is 5.50. The second-order valence-electron chi connectivity index (χ2n) is 5.50. The first-order chi connectivity index (χ1) is 10.8. The van der Waals surface area contributed by atoms with E-state index in [0.717, 1.165) is 5.75 Å². The van der Waals surface area contributed by atoms with Gasteiger partial charge >= 0.3 is 0 Å². The number of rotatable bonds is 2. The first-order valence-corrected chi connectivity index (χ1v) is 7.40. The molecule has 3 aromatic rings. The van der Waals surface area contributed by atoms with E-state index in [0.29, 0.717) is 0 Å². The van der Waals surface area contributed by atoms with Gasteiger partial charge in [0.25, 0.3) is 0 Å². The number of methoxy groups -OCH3 is 1. The molecule has 0 fully saturated rings. The van der Waals surface area contributed by atoms with E-state index in [9.17, 15) is 0 Å². The van der Waals surface area contributed by atoms with E-state index in [4.69, 9.17) is 4.74 Å². The molecule has 1 aliphatic carbocycles. The van der Waals surface area contributed by atoms with Gasteiger partial charge in [0.2, 0.25) is 0 Å². The number of hydrogen-bond donors (Lipinski definition) is 0. The van der Waals surface area contributed by atoms with Crippen LogP contribution in [0.1, 0.15) is 11.1 Å². The predicted octanol–water partition coefficient (Wildman–Crippen LogP) is 2.95. The molecule has 1 nitrogen and oxygen atoms in total. The van der Waals surface area contributed by atoms with Crippen LogP contribution in [0.2, 0.25) is 0 Å². The van der Waals surface area contributed by atoms with Gasteiger partial charge in [-0.25, -0.2) is 0 Å². The first-order valence-electron chi connectivity index (χ1n) is 7.40. The van der Waals surface area contributed by atoms with Gasteiger partial charge in [0, 0.05) is 0 Å². The van der Waals surface area contributed by atoms with Gasteiger partial charge in [-0.1, -0.05) is 48.5 Å². The molecule has 3 aromatic carbocycles. The van der Waals surface area contributed by atoms with Crippen molar-refractivity contribution in [3.63, 3.8) is 0 Å². The molecule has 0 aromatic heterocycles. The average Bonchev–Trinajstić information content (AvgIpc) is 2.93. The van der Waals surface area contributed by atoms with Crippen molar-refractivity contribution in [1.82, 2.24) is 0 Å². The van der Waals surface area contributed by atoms with Crippen molar-refractivity contribution in [1.29, 1.82) is 0 Å². The summed E-state index contributed by atoms with van der Waals surface area (Å²) in [7, 11) is 1.69. The van der Waals surface area contributed by atoms with Crippen molar-refractivity contribution in [2.45, 2.75) is 0 Å². The third-order valence-corrected chi connectivity index (χ3v) is 4.09. The van der Waals surface area contributed by atoms with Gasteiger partial charge in [-0.15, -0.1) is 0 Å². The summed E-state index contributed by atoms with van der Waals surface area (Å²) in [5.41, 5.74) is 2.47. The number of ether oxygens (including phenoxy) is 1. The topological polar surface area (TPSA) is 9.23 Å². The molecule has 0 unspecified atom stereocenters. The molecule has 0 N–H and O–H groups in total. The van der Waals surface area contributed by atoms with Crippen LogP contribution >= 0.6 is 0 Å². The fourth-order valence-corrected chi connectivity index (χ4v) is 2.96. The molecule has 22 heavy (non-hydrogen) atoms. The molecule has 4 rings (SSSR count). The molecule has 106 valence electrons. The maximum absolute atomic E-state index is 5.20. The van der Waals surface area contributed by atoms with Crippen molar-refractivity contribution < 1.29 is 4.74 Å². The predicted molar refractivity (Wildman–Crippen MR) is 89.9 cm³/mol. The van der Waals surface area contributed by atoms with Crippen LogP contribution in [0.15, 0.2) is 66.7 Å². The van der Waals surface area contributed by atoms with Gasteiger partial charge in [0.05, 0.1) is 7.11 Å². The molecule has 0 radical (unpaired) electrons. The van der Waals surface area contributed by atoms with Crippen LogP contribution in [-0.2, 0) is 0 Å². The van der Waals surface area contributed by atoms with Crippen LogP contribution in [0.4, 0.5) is 0 Å². The SMILES string of the molecule is COc1ccc(C=c2ccc3c(c2)C=c2ccccc2=3)cc1. The Balaban J connectivity index is 1.84. The third-order valence-electron chi connectivity index (χ3n) is 4.09. The third kappa shape index (κ3) is 2.21. The highest BCUT2D eigenvalue weighted by atomic mass is 16.5. The Morgan fingerprint density at radius 3 is 2.45 bits per heavy atom. The summed E-state index contributed by atoms with van der Waals surface area (Å²) in [6.45, 7) is 0. The lowest BCUT2D eigenvalue weighted by Gasteiger charge is -1.99. The van der Waals surface area contributed by atoms with Gasteiger partial charge in [-0.2, -0.15) is 0 Å². The van der Waals surface area contributed by atoms with Gasteiger partial charge in [-0.3, -0.25) is 0 Å². The maximum Gasteiger partial charge on any atom is 0.118 e. The Morgan fingerprint density at radius 1 is 0.818 bits per heavy atom. The summed E-state index contributed by atoms with van der Waals surface area (Å²) in [6.07, 6.45) is 4.45. The highest BCUT2D eigenvalue weighted by Crippen LogP contribution is 2.12. The van der Waals surface area contributed by atoms with Crippen LogP contribution in [0.25, 0.3) is 12.2 Å². The number of hydrogen-bond acceptors (Lipinski definition) is 1. The molecule has 0 bridgehead atoms. The fourth-order valence-electron chi connectivity index (χ4n) is 2.96. The van der Waals surface area contributed by atoms with Gasteiger partial charge in [0.15, 0.2) is 0 Å². The van der Waals surface area contributed by atoms with Crippen molar-refractivity contribution in [2.75, 3.05) is 7.11 Å². The van der Waals surface area contributed by atoms with Gasteiger partial charge < -0.3 is 4.74 Å². The molecule has 0 saturated carbocycles. The molecular weight excluding hydrogens is 268 g/mol. The zero-order valence-electron chi connectivity index (χ0n) is 12.4. The summed E-state index contributed by atoms with van der Waals surface area (Å²) in [5, 5.41) is 5.17. The smallest absolute Gasteiger partial charge is 0.118 e. The van der Waals surface area contributed by atoms with E-state index < -0.39 is 0 Å². The van der Waals surface area contributed by atoms with E-state index >= 15 is 0 Å². The minimum atomic E-state index is 0.884. The molecule has 0 heterocycles. The zero-order chi connectivity index (χ0) is 14.9. The monoisotopic (exact) mass is 284 g/mol. The van der Waals surface area contributed by atoms with Crippen molar-refractivity contribution >= 4 is 12.2 Å². The van der Waals surface area contributed by atoms with Crippen molar-refractivity contribution in [2.24, 2.45) is 0 Å². The van der Waals surface area contributed by atoms with Crippen LogP contribution < -0.4 is 15.2 Å². The summed E-state index contributed by atoms with van der Waals surface area (Å²) in [4.78, 5) is 0. The Morgan fingerprint density at radius 2 is 1.64 bits per heavy atom. The van der Waals surface area contributed by atoms with Crippen LogP contribution in [0.5, 0.6) is 5.75 Å². The standard InChI is InChI=1S/C21H16O/c1-22-19-9-6-15(7-10-19)12-16-8-11-21-18(13-16)14-17-4-2-3-5-20(17)21/h2-14H,1H3. The number of fused-ring (bicyclic) bond motifs is 2. The second kappa shape index (κ2) is 5.19. The first kappa shape index (κ1) is 12.9. The van der Waals surface area contributed by atoms with Crippen LogP contribution in [0.3, 0.4) is 0 Å². The lowest BCUT2D eigenvalue weighted by molar-refractivity contribution is 0.415. The quantitative estimate of drug-likeness (QED) is 0.550. The lowest BCUT2D eigenvalue weighted by atomic mass is 10.1. The summed E-state index contributed by atoms with van der Waals surface area (Å²) in [6, 6.07) is 23.3. The molecule has 0 saturated heterocycles. The molecule has 0 aliphatic heterocycles. The fraction of sp³-hybridized carbons (Fsp3) is 0.0476. The summed E-state index contributed by atoms with van der Waals surface area (Å²) >= 11 is 0. The summed E-state index contributed by atoms with van der Waals surface area (Å²) in [5.74, 6) is 0.884. The molecule has 0 spiro atoms. The zero-order valence-corrected chi connectivity index (χ0v) is 12.4. The summed E-state index contributed by atoms with van der Waals surface area (Å²) < 4.78 is 5.20. The highest BCUT2D eigenvalue weighted by molar-refractivity contribution is 5.58. The van der Waals surface area contributed by atoms with Crippen molar-refractivity contribution in [3.8, 4) is 5.75 Å².